The second-order valence-electron chi connectivity index (χ2n) is 6.65. The lowest BCUT2D eigenvalue weighted by Gasteiger charge is -2.19. The second kappa shape index (κ2) is 6.46. The van der Waals surface area contributed by atoms with E-state index in [4.69, 9.17) is 9.72 Å². The van der Waals surface area contributed by atoms with Gasteiger partial charge in [0.15, 0.2) is 0 Å². The van der Waals surface area contributed by atoms with Gasteiger partial charge in [-0.1, -0.05) is 22.0 Å². The monoisotopic (exact) mass is 392 g/mol. The summed E-state index contributed by atoms with van der Waals surface area (Å²) in [5, 5.41) is 0. The number of nitrogens with zero attached hydrogens (tertiary/aromatic N) is 3. The Morgan fingerprint density at radius 3 is 3.12 bits per heavy atom. The smallest absolute Gasteiger partial charge is 0.294 e. The number of nitrogens with one attached hydrogen (secondary N) is 1. The van der Waals surface area contributed by atoms with Crippen molar-refractivity contribution in [2.45, 2.75) is 25.5 Å². The maximum atomic E-state index is 12.4. The summed E-state index contributed by atoms with van der Waals surface area (Å²) in [6.07, 6.45) is 5.88. The van der Waals surface area contributed by atoms with E-state index in [1.54, 1.807) is 0 Å². The van der Waals surface area contributed by atoms with Crippen molar-refractivity contribution in [1.29, 1.82) is 0 Å². The lowest BCUT2D eigenvalue weighted by atomic mass is 10.0. The molecule has 24 heavy (non-hydrogen) atoms. The fourth-order valence-electron chi connectivity index (χ4n) is 3.48. The molecule has 1 aromatic rings. The van der Waals surface area contributed by atoms with Crippen molar-refractivity contribution in [3.8, 4) is 5.75 Å². The molecule has 0 aromatic carbocycles. The predicted molar refractivity (Wildman–Crippen MR) is 96.3 cm³/mol. The molecule has 3 aliphatic rings. The van der Waals surface area contributed by atoms with Crippen LogP contribution >= 0.6 is 15.9 Å². The van der Waals surface area contributed by atoms with Crippen molar-refractivity contribution < 1.29 is 4.74 Å². The molecule has 3 heterocycles. The average Bonchev–Trinajstić information content (AvgIpc) is 2.78. The van der Waals surface area contributed by atoms with Crippen LogP contribution < -0.4 is 10.3 Å². The normalized spacial score (nSPS) is 24.5. The number of aromatic nitrogens is 2. The summed E-state index contributed by atoms with van der Waals surface area (Å²) in [6, 6.07) is 0. The van der Waals surface area contributed by atoms with Gasteiger partial charge in [0, 0.05) is 29.6 Å². The molecule has 7 heteroatoms. The predicted octanol–water partition coefficient (Wildman–Crippen LogP) is 1.73. The van der Waals surface area contributed by atoms with Gasteiger partial charge < -0.3 is 14.6 Å². The zero-order chi connectivity index (χ0) is 16.7. The zero-order valence-electron chi connectivity index (χ0n) is 13.7. The third-order valence-corrected chi connectivity index (χ3v) is 5.36. The van der Waals surface area contributed by atoms with Crippen molar-refractivity contribution >= 4 is 21.5 Å². The highest BCUT2D eigenvalue weighted by Gasteiger charge is 2.34. The first kappa shape index (κ1) is 16.1. The highest BCUT2D eigenvalue weighted by atomic mass is 79.9. The highest BCUT2D eigenvalue weighted by Crippen LogP contribution is 2.39. The third kappa shape index (κ3) is 3.08. The Hall–Kier alpha value is -1.44. The maximum Gasteiger partial charge on any atom is 0.294 e. The molecule has 1 saturated heterocycles. The summed E-state index contributed by atoms with van der Waals surface area (Å²) in [7, 11) is 2.15. The summed E-state index contributed by atoms with van der Waals surface area (Å²) in [5.41, 5.74) is 1.53. The van der Waals surface area contributed by atoms with Crippen LogP contribution in [0.2, 0.25) is 0 Å². The first-order chi connectivity index (χ1) is 11.6. The van der Waals surface area contributed by atoms with Gasteiger partial charge in [-0.15, -0.1) is 0 Å². The Morgan fingerprint density at radius 2 is 2.25 bits per heavy atom. The van der Waals surface area contributed by atoms with E-state index >= 15 is 0 Å². The van der Waals surface area contributed by atoms with E-state index in [0.717, 1.165) is 54.9 Å². The molecule has 1 N–H and O–H groups in total. The molecule has 1 atom stereocenters. The molecule has 0 amide bonds. The molecule has 4 rings (SSSR count). The number of hydrogen-bond acceptors (Lipinski definition) is 5. The van der Waals surface area contributed by atoms with Crippen LogP contribution in [0.1, 0.15) is 24.4 Å². The van der Waals surface area contributed by atoms with E-state index in [1.807, 2.05) is 6.08 Å². The minimum atomic E-state index is -0.173. The summed E-state index contributed by atoms with van der Waals surface area (Å²) < 4.78 is 6.83. The number of aromatic amines is 1. The summed E-state index contributed by atoms with van der Waals surface area (Å²) in [5.74, 6) is 1.08. The number of fused-ring (bicyclic) bond motifs is 3. The summed E-state index contributed by atoms with van der Waals surface area (Å²) in [4.78, 5) is 24.7. The van der Waals surface area contributed by atoms with E-state index in [-0.39, 0.29) is 11.7 Å². The quantitative estimate of drug-likeness (QED) is 0.830. The molecular formula is C17H21BrN4O2. The fraction of sp³-hybridized carbons (Fsp3) is 0.529. The van der Waals surface area contributed by atoms with Crippen LogP contribution in [0, 0.1) is 0 Å². The average molecular weight is 393 g/mol. The molecule has 1 unspecified atom stereocenters. The van der Waals surface area contributed by atoms with Gasteiger partial charge in [-0.05, 0) is 32.6 Å². The van der Waals surface area contributed by atoms with Crippen molar-refractivity contribution in [2.24, 2.45) is 0 Å². The Morgan fingerprint density at radius 1 is 1.38 bits per heavy atom. The van der Waals surface area contributed by atoms with Gasteiger partial charge in [0.2, 0.25) is 5.75 Å². The minimum Gasteiger partial charge on any atom is -0.478 e. The standard InChI is InChI=1S/C17H21BrN4O2/c1-21-5-2-6-22(8-7-21)10-14-19-15-12-9-11(18)3-4-13(12)24-16(15)17(23)20-14/h3,9,13H,2,4-8,10H2,1H3,(H,19,20,23). The molecule has 1 fully saturated rings. The van der Waals surface area contributed by atoms with Crippen LogP contribution in [-0.4, -0.2) is 59.1 Å². The number of ether oxygens (including phenoxy) is 1. The first-order valence-corrected chi connectivity index (χ1v) is 9.18. The van der Waals surface area contributed by atoms with Crippen LogP contribution in [0.15, 0.2) is 21.4 Å². The Kier molecular flexibility index (Phi) is 4.32. The topological polar surface area (TPSA) is 61.5 Å². The number of allylic oxidation sites excluding steroid dienone is 2. The lowest BCUT2D eigenvalue weighted by Crippen LogP contribution is -2.30. The van der Waals surface area contributed by atoms with E-state index < -0.39 is 0 Å². The summed E-state index contributed by atoms with van der Waals surface area (Å²) in [6.45, 7) is 4.86. The second-order valence-corrected chi connectivity index (χ2v) is 7.57. The third-order valence-electron chi connectivity index (χ3n) is 4.81. The molecule has 0 radical (unpaired) electrons. The van der Waals surface area contributed by atoms with Gasteiger partial charge in [-0.2, -0.15) is 0 Å². The number of H-pyrrole nitrogens is 1. The van der Waals surface area contributed by atoms with Gasteiger partial charge in [-0.3, -0.25) is 9.69 Å². The van der Waals surface area contributed by atoms with Crippen molar-refractivity contribution in [3.63, 3.8) is 0 Å². The number of hydrogen-bond donors (Lipinski definition) is 1. The highest BCUT2D eigenvalue weighted by molar-refractivity contribution is 9.11. The van der Waals surface area contributed by atoms with Crippen LogP contribution in [0.4, 0.5) is 0 Å². The SMILES string of the molecule is CN1CCCN(Cc2nc3c(c(=O)[nH]2)OC2CC=C(Br)C=C32)CC1. The summed E-state index contributed by atoms with van der Waals surface area (Å²) >= 11 is 3.51. The molecule has 0 spiro atoms. The van der Waals surface area contributed by atoms with E-state index in [0.29, 0.717) is 18.0 Å². The molecular weight excluding hydrogens is 372 g/mol. The van der Waals surface area contributed by atoms with Crippen LogP contribution in [0.25, 0.3) is 5.57 Å². The fourth-order valence-corrected chi connectivity index (χ4v) is 3.91. The Balaban J connectivity index is 1.61. The number of halogens is 1. The molecule has 1 aromatic heterocycles. The molecule has 2 aliphatic heterocycles. The lowest BCUT2D eigenvalue weighted by molar-refractivity contribution is 0.260. The van der Waals surface area contributed by atoms with Gasteiger partial charge in [0.05, 0.1) is 6.54 Å². The molecule has 0 saturated carbocycles. The number of likely N-dealkylation sites (N-methyl/N-ethyl adjacent to an activating group) is 1. The van der Waals surface area contributed by atoms with Crippen LogP contribution in [0.3, 0.4) is 0 Å². The Bertz CT molecular complexity index is 770. The van der Waals surface area contributed by atoms with Gasteiger partial charge in [0.1, 0.15) is 17.6 Å². The van der Waals surface area contributed by atoms with Crippen molar-refractivity contribution in [2.75, 3.05) is 33.2 Å². The Labute approximate surface area is 149 Å². The van der Waals surface area contributed by atoms with Gasteiger partial charge in [0.25, 0.3) is 5.56 Å². The molecule has 6 nitrogen and oxygen atoms in total. The van der Waals surface area contributed by atoms with Crippen LogP contribution in [0.5, 0.6) is 5.75 Å². The minimum absolute atomic E-state index is 0.0861. The van der Waals surface area contributed by atoms with Gasteiger partial charge >= 0.3 is 0 Å². The first-order valence-electron chi connectivity index (χ1n) is 8.38. The molecule has 128 valence electrons. The van der Waals surface area contributed by atoms with E-state index in [9.17, 15) is 4.79 Å². The van der Waals surface area contributed by atoms with Crippen molar-refractivity contribution in [3.05, 3.63) is 38.5 Å². The zero-order valence-corrected chi connectivity index (χ0v) is 15.3. The van der Waals surface area contributed by atoms with E-state index in [2.05, 4.69) is 43.8 Å². The largest absolute Gasteiger partial charge is 0.478 e. The maximum absolute atomic E-state index is 12.4. The van der Waals surface area contributed by atoms with E-state index in [1.165, 1.54) is 0 Å². The van der Waals surface area contributed by atoms with Gasteiger partial charge in [-0.25, -0.2) is 4.98 Å². The van der Waals surface area contributed by atoms with Crippen LogP contribution in [-0.2, 0) is 6.54 Å². The molecule has 1 aliphatic carbocycles. The van der Waals surface area contributed by atoms with Crippen molar-refractivity contribution in [1.82, 2.24) is 19.8 Å². The molecule has 0 bridgehead atoms. The number of rotatable bonds is 2.